The lowest BCUT2D eigenvalue weighted by molar-refractivity contribution is -0.124. The molecule has 2 aromatic rings. The molecule has 6 amide bonds. The van der Waals surface area contributed by atoms with E-state index in [-0.39, 0.29) is 50.1 Å². The molecule has 3 aliphatic rings. The summed E-state index contributed by atoms with van der Waals surface area (Å²) in [6, 6.07) is -1.37. The van der Waals surface area contributed by atoms with Gasteiger partial charge in [0.25, 0.3) is 0 Å². The lowest BCUT2D eigenvalue weighted by atomic mass is 9.72. The van der Waals surface area contributed by atoms with Crippen LogP contribution in [-0.2, 0) is 16.0 Å². The molecule has 0 aromatic heterocycles. The predicted octanol–water partition coefficient (Wildman–Crippen LogP) is 0.614. The quantitative estimate of drug-likeness (QED) is 0.0969. The Hall–Kier alpha value is -4.88. The van der Waals surface area contributed by atoms with Crippen LogP contribution < -0.4 is 25.9 Å². The molecule has 5 rings (SSSR count). The number of benzene rings is 2. The number of nitrogens with one attached hydrogen (secondary N) is 4. The summed E-state index contributed by atoms with van der Waals surface area (Å²) in [6.45, 7) is 1.27. The topological polar surface area (TPSA) is 230 Å². The Bertz CT molecular complexity index is 1680. The van der Waals surface area contributed by atoms with Crippen molar-refractivity contribution in [2.24, 2.45) is 0 Å². The van der Waals surface area contributed by atoms with Gasteiger partial charge in [-0.15, -0.1) is 0 Å². The van der Waals surface area contributed by atoms with Crippen LogP contribution in [0, 0.1) is 11.6 Å². The van der Waals surface area contributed by atoms with Gasteiger partial charge >= 0.3 is 25.1 Å². The number of nitrogens with zero attached hydrogens (tertiary/aromatic N) is 2. The maximum Gasteiger partial charge on any atom is 0.547 e. The van der Waals surface area contributed by atoms with Crippen molar-refractivity contribution in [1.82, 2.24) is 31.1 Å². The largest absolute Gasteiger partial charge is 0.547 e. The molecule has 3 atom stereocenters. The first-order valence-electron chi connectivity index (χ1n) is 15.3. The summed E-state index contributed by atoms with van der Waals surface area (Å²) in [5.41, 5.74) is -1.25. The molecule has 0 radical (unpaired) electrons. The minimum atomic E-state index is -1.93. The zero-order valence-electron chi connectivity index (χ0n) is 25.7. The van der Waals surface area contributed by atoms with E-state index in [1.165, 1.54) is 11.0 Å². The molecule has 16 nitrogen and oxygen atoms in total. The molecule has 0 saturated carbocycles. The number of phenolic OH excluding ortho intramolecular Hbond substituents is 2. The normalized spacial score (nSPS) is 19.3. The van der Waals surface area contributed by atoms with Crippen molar-refractivity contribution in [3.63, 3.8) is 0 Å². The van der Waals surface area contributed by atoms with Crippen molar-refractivity contribution in [3.8, 4) is 17.2 Å². The maximum atomic E-state index is 14.5. The van der Waals surface area contributed by atoms with E-state index < -0.39 is 88.1 Å². The number of urea groups is 2. The van der Waals surface area contributed by atoms with Crippen LogP contribution in [-0.4, -0.2) is 112 Å². The number of carbonyl (C=O) groups is 5. The number of phenols is 2. The number of carbonyl (C=O) groups excluding carboxylic acids is 4. The highest BCUT2D eigenvalue weighted by molar-refractivity contribution is 6.47. The van der Waals surface area contributed by atoms with Gasteiger partial charge in [-0.2, -0.15) is 0 Å². The molecule has 2 aromatic carbocycles. The number of carboxylic acids is 1. The zero-order valence-corrected chi connectivity index (χ0v) is 26.4. The fourth-order valence-corrected chi connectivity index (χ4v) is 6.09. The van der Waals surface area contributed by atoms with Crippen molar-refractivity contribution in [1.29, 1.82) is 0 Å². The van der Waals surface area contributed by atoms with E-state index in [0.29, 0.717) is 12.5 Å². The van der Waals surface area contributed by atoms with E-state index in [1.807, 2.05) is 0 Å². The summed E-state index contributed by atoms with van der Waals surface area (Å²) in [5, 5.41) is 49.8. The lowest BCUT2D eigenvalue weighted by Crippen LogP contribution is -2.56. The van der Waals surface area contributed by atoms with E-state index in [2.05, 4.69) is 21.3 Å². The second-order valence-electron chi connectivity index (χ2n) is 11.6. The Morgan fingerprint density at radius 2 is 1.90 bits per heavy atom. The number of carboxylic acid groups (broad SMARTS) is 1. The van der Waals surface area contributed by atoms with Crippen molar-refractivity contribution >= 4 is 48.6 Å². The molecule has 3 aliphatic heterocycles. The highest BCUT2D eigenvalue weighted by atomic mass is 35.5. The number of amides is 6. The number of halogens is 3. The minimum Gasteiger partial charge on any atom is -0.534 e. The molecule has 20 heteroatoms. The zero-order chi connectivity index (χ0) is 35.6. The van der Waals surface area contributed by atoms with E-state index in [1.54, 1.807) is 0 Å². The number of rotatable bonds is 10. The molecule has 49 heavy (non-hydrogen) atoms. The number of fused-ring (bicyclic) bond motifs is 1. The van der Waals surface area contributed by atoms with Crippen molar-refractivity contribution in [2.75, 3.05) is 32.7 Å². The Labute approximate surface area is 282 Å². The number of aromatic hydroxyl groups is 2. The Morgan fingerprint density at radius 1 is 1.14 bits per heavy atom. The first-order valence-corrected chi connectivity index (χ1v) is 15.6. The molecule has 8 N–H and O–H groups in total. The molecule has 262 valence electrons. The summed E-state index contributed by atoms with van der Waals surface area (Å²) >= 11 is 6.14. The van der Waals surface area contributed by atoms with E-state index in [9.17, 15) is 53.1 Å². The van der Waals surface area contributed by atoms with Gasteiger partial charge in [0.15, 0.2) is 17.3 Å². The highest BCUT2D eigenvalue weighted by Gasteiger charge is 2.42. The van der Waals surface area contributed by atoms with Crippen LogP contribution in [0.25, 0.3) is 0 Å². The first kappa shape index (κ1) is 35.4. The van der Waals surface area contributed by atoms with Gasteiger partial charge in [0, 0.05) is 31.7 Å². The number of imide groups is 1. The Morgan fingerprint density at radius 3 is 2.59 bits per heavy atom. The van der Waals surface area contributed by atoms with E-state index >= 15 is 0 Å². The van der Waals surface area contributed by atoms with Crippen molar-refractivity contribution in [3.05, 3.63) is 51.5 Å². The second kappa shape index (κ2) is 14.7. The molecule has 0 aliphatic carbocycles. The molecule has 2 saturated heterocycles. The van der Waals surface area contributed by atoms with Crippen LogP contribution in [0.5, 0.6) is 17.2 Å². The van der Waals surface area contributed by atoms with E-state index in [4.69, 9.17) is 16.3 Å². The molecule has 3 heterocycles. The Balaban J connectivity index is 1.29. The third-order valence-electron chi connectivity index (χ3n) is 8.41. The minimum absolute atomic E-state index is 0.102. The van der Waals surface area contributed by atoms with E-state index in [0.717, 1.165) is 30.4 Å². The molecule has 0 unspecified atom stereocenters. The number of hydrogen-bond donors (Lipinski definition) is 8. The Kier molecular flexibility index (Phi) is 10.6. The maximum absolute atomic E-state index is 14.5. The van der Waals surface area contributed by atoms with Crippen LogP contribution in [0.3, 0.4) is 0 Å². The van der Waals surface area contributed by atoms with Gasteiger partial charge in [-0.1, -0.05) is 17.7 Å². The van der Waals surface area contributed by atoms with Gasteiger partial charge in [0.05, 0.1) is 17.0 Å². The van der Waals surface area contributed by atoms with Crippen LogP contribution >= 0.6 is 11.6 Å². The third kappa shape index (κ3) is 7.42. The predicted molar refractivity (Wildman–Crippen MR) is 166 cm³/mol. The molecule has 0 spiro atoms. The monoisotopic (exact) mass is 708 g/mol. The average Bonchev–Trinajstić information content (AvgIpc) is 3.73. The summed E-state index contributed by atoms with van der Waals surface area (Å²) in [4.78, 5) is 66.0. The molecule has 0 bridgehead atoms. The van der Waals surface area contributed by atoms with Gasteiger partial charge in [0.1, 0.15) is 23.2 Å². The highest BCUT2D eigenvalue weighted by Crippen LogP contribution is 2.40. The third-order valence-corrected chi connectivity index (χ3v) is 8.81. The summed E-state index contributed by atoms with van der Waals surface area (Å²) in [6.07, 6.45) is 1.75. The standard InChI is InChI=1S/C29H32BClF2N6O10/c31-20-14(12-16(33)22(40)23(20)41)21(26(43)36-18-11-13-4-5-15(32)19(27(44)45)24(13)49-30(18)48)37-28(46)39-10-9-38(29(39)47)8-2-7-35-25(42)17-3-1-6-34-17/h4-5,12,17-18,21,34,40-41,48H,1-3,6-11H2,(H,35,42)(H,36,43)(H,37,46)(H,44,45)/t17-,18-,21+/m0/s1. The summed E-state index contributed by atoms with van der Waals surface area (Å²) < 4.78 is 34.0. The SMILES string of the molecule is O=C(O)c1c(F)ccc2c1OB(O)[C@@H](NC(=O)[C@H](NC(=O)N1CCN(CCCNC(=O)[C@@H]3CCCN3)C1=O)c1cc(F)c(O)c(O)c1Cl)C2. The average molecular weight is 709 g/mol. The number of hydrogen-bond acceptors (Lipinski definition) is 10. The molecule has 2 fully saturated rings. The fraction of sp³-hybridized carbons (Fsp3) is 0.414. The smallest absolute Gasteiger partial charge is 0.534 e. The lowest BCUT2D eigenvalue weighted by Gasteiger charge is -2.31. The molecular weight excluding hydrogens is 677 g/mol. The second-order valence-corrected chi connectivity index (χ2v) is 12.0. The first-order chi connectivity index (χ1) is 23.3. The summed E-state index contributed by atoms with van der Waals surface area (Å²) in [5.74, 6) is -9.60. The van der Waals surface area contributed by atoms with Gasteiger partial charge in [0.2, 0.25) is 11.8 Å². The van der Waals surface area contributed by atoms with Gasteiger partial charge in [-0.3, -0.25) is 9.59 Å². The van der Waals surface area contributed by atoms with Crippen molar-refractivity contribution < 1.29 is 57.8 Å². The van der Waals surface area contributed by atoms with Crippen molar-refractivity contribution in [2.45, 2.75) is 43.7 Å². The van der Waals surface area contributed by atoms with Crippen LogP contribution in [0.1, 0.15) is 46.8 Å². The van der Waals surface area contributed by atoms with Crippen LogP contribution in [0.4, 0.5) is 18.4 Å². The molecular formula is C29H32BClF2N6O10. The van der Waals surface area contributed by atoms with Gasteiger partial charge < -0.3 is 51.2 Å². The number of aromatic carboxylic acids is 1. The van der Waals surface area contributed by atoms with Gasteiger partial charge in [-0.05, 0) is 49.9 Å². The van der Waals surface area contributed by atoms with Crippen LogP contribution in [0.15, 0.2) is 18.2 Å². The fourth-order valence-electron chi connectivity index (χ4n) is 5.84. The van der Waals surface area contributed by atoms with Gasteiger partial charge in [-0.25, -0.2) is 28.1 Å². The van der Waals surface area contributed by atoms with Crippen LogP contribution in [0.2, 0.25) is 5.02 Å². The summed E-state index contributed by atoms with van der Waals surface area (Å²) in [7, 11) is -1.92.